The Labute approximate surface area is 156 Å². The average Bonchev–Trinajstić information content (AvgIpc) is 3.36. The minimum atomic E-state index is -0.230. The number of hydrogen-bond acceptors (Lipinski definition) is 1. The highest BCUT2D eigenvalue weighted by Crippen LogP contribution is 2.56. The lowest BCUT2D eigenvalue weighted by Gasteiger charge is -2.11. The molecule has 3 aromatic rings. The number of benzene rings is 3. The van der Waals surface area contributed by atoms with Crippen molar-refractivity contribution in [3.05, 3.63) is 112 Å². The molecule has 1 unspecified atom stereocenters. The van der Waals surface area contributed by atoms with Gasteiger partial charge >= 0.3 is 0 Å². The molecule has 0 amide bonds. The van der Waals surface area contributed by atoms with Crippen LogP contribution in [0.1, 0.15) is 23.1 Å². The van der Waals surface area contributed by atoms with E-state index >= 15 is 0 Å². The molecule has 1 aliphatic rings. The van der Waals surface area contributed by atoms with Crippen LogP contribution in [0.4, 0.5) is 0 Å². The first-order valence-electron chi connectivity index (χ1n) is 8.39. The fraction of sp³-hybridized carbons (Fsp3) is 0.0870. The molecule has 0 aliphatic heterocycles. The second-order valence-corrected chi connectivity index (χ2v) is 7.21. The molecule has 4 rings (SSSR count). The minimum absolute atomic E-state index is 0.230. The molecule has 122 valence electrons. The Hall–Kier alpha value is -2.45. The quantitative estimate of drug-likeness (QED) is 0.469. The van der Waals surface area contributed by atoms with Gasteiger partial charge < -0.3 is 0 Å². The van der Waals surface area contributed by atoms with Crippen molar-refractivity contribution < 1.29 is 0 Å². The zero-order valence-corrected chi connectivity index (χ0v) is 15.4. The van der Waals surface area contributed by atoms with Crippen LogP contribution in [-0.4, -0.2) is 6.21 Å². The van der Waals surface area contributed by atoms with Crippen molar-refractivity contribution in [3.8, 4) is 0 Å². The molecule has 2 heteroatoms. The SMILES string of the molecule is Brc1ccc(C2(N=Cc3ccccc3)CC2=Cc2ccccc2)cc1. The van der Waals surface area contributed by atoms with Crippen LogP contribution < -0.4 is 0 Å². The van der Waals surface area contributed by atoms with Gasteiger partial charge in [-0.1, -0.05) is 94.8 Å². The van der Waals surface area contributed by atoms with Gasteiger partial charge in [-0.05, 0) is 34.4 Å². The smallest absolute Gasteiger partial charge is 0.111 e. The van der Waals surface area contributed by atoms with Gasteiger partial charge in [0.2, 0.25) is 0 Å². The van der Waals surface area contributed by atoms with E-state index in [0.717, 1.165) is 16.5 Å². The zero-order valence-electron chi connectivity index (χ0n) is 13.8. The summed E-state index contributed by atoms with van der Waals surface area (Å²) in [5.41, 5.74) is 4.72. The molecular weight excluding hydrogens is 370 g/mol. The highest BCUT2D eigenvalue weighted by atomic mass is 79.9. The first-order valence-corrected chi connectivity index (χ1v) is 9.18. The van der Waals surface area contributed by atoms with Gasteiger partial charge in [0, 0.05) is 17.1 Å². The second-order valence-electron chi connectivity index (χ2n) is 6.29. The molecule has 25 heavy (non-hydrogen) atoms. The molecule has 0 bridgehead atoms. The van der Waals surface area contributed by atoms with Crippen LogP contribution >= 0.6 is 15.9 Å². The summed E-state index contributed by atoms with van der Waals surface area (Å²) in [6.07, 6.45) is 5.23. The standard InChI is InChI=1S/C23H18BrN/c24-22-13-11-20(12-14-22)23(25-17-19-9-5-2-6-10-19)16-21(23)15-18-7-3-1-4-8-18/h1-15,17H,16H2. The Bertz CT molecular complexity index is 911. The van der Waals surface area contributed by atoms with E-state index in [4.69, 9.17) is 4.99 Å². The van der Waals surface area contributed by atoms with Gasteiger partial charge in [0.25, 0.3) is 0 Å². The molecule has 3 aromatic carbocycles. The Morgan fingerprint density at radius 1 is 0.760 bits per heavy atom. The molecular formula is C23H18BrN. The van der Waals surface area contributed by atoms with E-state index in [-0.39, 0.29) is 5.54 Å². The number of aliphatic imine (C=N–C) groups is 1. The van der Waals surface area contributed by atoms with Crippen LogP contribution in [0.5, 0.6) is 0 Å². The molecule has 0 heterocycles. The van der Waals surface area contributed by atoms with Crippen LogP contribution in [0.25, 0.3) is 6.08 Å². The summed E-state index contributed by atoms with van der Waals surface area (Å²) in [5.74, 6) is 0. The highest BCUT2D eigenvalue weighted by molar-refractivity contribution is 9.10. The maximum atomic E-state index is 5.01. The predicted molar refractivity (Wildman–Crippen MR) is 109 cm³/mol. The molecule has 0 aromatic heterocycles. The Morgan fingerprint density at radius 2 is 1.36 bits per heavy atom. The molecule has 1 aliphatic carbocycles. The van der Waals surface area contributed by atoms with Crippen molar-refractivity contribution in [1.82, 2.24) is 0 Å². The van der Waals surface area contributed by atoms with Crippen molar-refractivity contribution in [2.75, 3.05) is 0 Å². The largest absolute Gasteiger partial charge is 0.276 e. The Kier molecular flexibility index (Phi) is 4.37. The fourth-order valence-corrected chi connectivity index (χ4v) is 3.36. The van der Waals surface area contributed by atoms with Crippen molar-refractivity contribution in [2.24, 2.45) is 4.99 Å². The van der Waals surface area contributed by atoms with E-state index in [1.807, 2.05) is 30.5 Å². The third-order valence-corrected chi connectivity index (χ3v) is 5.08. The topological polar surface area (TPSA) is 12.4 Å². The summed E-state index contributed by atoms with van der Waals surface area (Å²) in [4.78, 5) is 5.01. The van der Waals surface area contributed by atoms with Gasteiger partial charge in [-0.3, -0.25) is 4.99 Å². The number of hydrogen-bond donors (Lipinski definition) is 0. The van der Waals surface area contributed by atoms with Crippen LogP contribution in [0.2, 0.25) is 0 Å². The molecule has 0 saturated heterocycles. The average molecular weight is 388 g/mol. The summed E-state index contributed by atoms with van der Waals surface area (Å²) in [7, 11) is 0. The minimum Gasteiger partial charge on any atom is -0.276 e. The summed E-state index contributed by atoms with van der Waals surface area (Å²) >= 11 is 3.52. The lowest BCUT2D eigenvalue weighted by Crippen LogP contribution is -2.04. The summed E-state index contributed by atoms with van der Waals surface area (Å²) in [6.45, 7) is 0. The van der Waals surface area contributed by atoms with E-state index < -0.39 is 0 Å². The molecule has 0 N–H and O–H groups in total. The van der Waals surface area contributed by atoms with E-state index in [0.29, 0.717) is 0 Å². The van der Waals surface area contributed by atoms with Crippen LogP contribution in [0.3, 0.4) is 0 Å². The van der Waals surface area contributed by atoms with Gasteiger partial charge in [-0.2, -0.15) is 0 Å². The van der Waals surface area contributed by atoms with Crippen molar-refractivity contribution >= 4 is 28.2 Å². The first-order chi connectivity index (χ1) is 12.3. The Balaban J connectivity index is 1.71. The van der Waals surface area contributed by atoms with Gasteiger partial charge in [-0.15, -0.1) is 0 Å². The molecule has 1 fully saturated rings. The predicted octanol–water partition coefficient (Wildman–Crippen LogP) is 6.25. The fourth-order valence-electron chi connectivity index (χ4n) is 3.09. The van der Waals surface area contributed by atoms with Crippen LogP contribution in [0, 0.1) is 0 Å². The third kappa shape index (κ3) is 3.49. The second kappa shape index (κ2) is 6.81. The van der Waals surface area contributed by atoms with Crippen LogP contribution in [-0.2, 0) is 5.54 Å². The summed E-state index contributed by atoms with van der Waals surface area (Å²) < 4.78 is 1.09. The maximum Gasteiger partial charge on any atom is 0.111 e. The summed E-state index contributed by atoms with van der Waals surface area (Å²) in [5, 5.41) is 0. The van der Waals surface area contributed by atoms with Gasteiger partial charge in [-0.25, -0.2) is 0 Å². The molecule has 0 radical (unpaired) electrons. The van der Waals surface area contributed by atoms with Crippen LogP contribution in [0.15, 0.2) is 100.0 Å². The number of halogens is 1. The maximum absolute atomic E-state index is 5.01. The van der Waals surface area contributed by atoms with Crippen molar-refractivity contribution in [2.45, 2.75) is 12.0 Å². The Morgan fingerprint density at radius 3 is 2.00 bits per heavy atom. The van der Waals surface area contributed by atoms with E-state index in [2.05, 4.69) is 82.7 Å². The number of rotatable bonds is 4. The molecule has 1 saturated carbocycles. The zero-order chi connectivity index (χ0) is 17.1. The van der Waals surface area contributed by atoms with E-state index in [1.165, 1.54) is 16.7 Å². The van der Waals surface area contributed by atoms with Gasteiger partial charge in [0.1, 0.15) is 5.54 Å². The van der Waals surface area contributed by atoms with Gasteiger partial charge in [0.15, 0.2) is 0 Å². The van der Waals surface area contributed by atoms with Crippen molar-refractivity contribution in [3.63, 3.8) is 0 Å². The van der Waals surface area contributed by atoms with Crippen molar-refractivity contribution in [1.29, 1.82) is 0 Å². The van der Waals surface area contributed by atoms with E-state index in [9.17, 15) is 0 Å². The first kappa shape index (κ1) is 16.0. The van der Waals surface area contributed by atoms with Gasteiger partial charge in [0.05, 0.1) is 0 Å². The highest BCUT2D eigenvalue weighted by Gasteiger charge is 2.49. The monoisotopic (exact) mass is 387 g/mol. The van der Waals surface area contributed by atoms with E-state index in [1.54, 1.807) is 0 Å². The lowest BCUT2D eigenvalue weighted by molar-refractivity contribution is 0.780. The third-order valence-electron chi connectivity index (χ3n) is 4.55. The molecule has 1 nitrogen and oxygen atoms in total. The normalized spacial score (nSPS) is 20.9. The molecule has 0 spiro atoms. The lowest BCUT2D eigenvalue weighted by atomic mass is 10.0. The number of nitrogens with zero attached hydrogens (tertiary/aromatic N) is 1. The summed E-state index contributed by atoms with van der Waals surface area (Å²) in [6, 6.07) is 29.3. The molecule has 1 atom stereocenters.